The lowest BCUT2D eigenvalue weighted by atomic mass is 9.96. The van der Waals surface area contributed by atoms with Crippen LogP contribution in [0.2, 0.25) is 0 Å². The van der Waals surface area contributed by atoms with E-state index in [1.807, 2.05) is 0 Å². The number of esters is 1. The summed E-state index contributed by atoms with van der Waals surface area (Å²) in [5, 5.41) is 2.55. The third kappa shape index (κ3) is 7.47. The van der Waals surface area contributed by atoms with Gasteiger partial charge in [-0.15, -0.1) is 0 Å². The monoisotopic (exact) mass is 357 g/mol. The zero-order chi connectivity index (χ0) is 18.5. The molecule has 0 aliphatic carbocycles. The van der Waals surface area contributed by atoms with Crippen molar-refractivity contribution in [2.45, 2.75) is 32.7 Å². The highest BCUT2D eigenvalue weighted by molar-refractivity contribution is 7.86. The Morgan fingerprint density at radius 3 is 2.42 bits per heavy atom. The second kappa shape index (κ2) is 7.67. The highest BCUT2D eigenvalue weighted by atomic mass is 32.2. The van der Waals surface area contributed by atoms with Crippen LogP contribution in [0.5, 0.6) is 5.75 Å². The average molecular weight is 357 g/mol. The van der Waals surface area contributed by atoms with Gasteiger partial charge in [-0.25, -0.2) is 4.79 Å². The van der Waals surface area contributed by atoms with E-state index in [0.717, 1.165) is 0 Å². The van der Waals surface area contributed by atoms with Crippen LogP contribution in [0.4, 0.5) is 10.5 Å². The quantitative estimate of drug-likeness (QED) is 0.349. The molecule has 0 aromatic heterocycles. The third-order valence-corrected chi connectivity index (χ3v) is 3.21. The summed E-state index contributed by atoms with van der Waals surface area (Å²) in [7, 11) is -2.65. The summed E-state index contributed by atoms with van der Waals surface area (Å²) in [5.41, 5.74) is 0.381. The molecule has 0 radical (unpaired) electrons. The number of anilines is 1. The molecule has 10 heteroatoms. The summed E-state index contributed by atoms with van der Waals surface area (Å²) in [4.78, 5) is 23.2. The van der Waals surface area contributed by atoms with Crippen molar-refractivity contribution < 1.29 is 32.0 Å². The Morgan fingerprint density at radius 1 is 1.29 bits per heavy atom. The largest absolute Gasteiger partial charge is 0.444 e. The van der Waals surface area contributed by atoms with Crippen molar-refractivity contribution >= 4 is 35.7 Å². The molecule has 0 unspecified atom stereocenters. The van der Waals surface area contributed by atoms with Crippen LogP contribution in [0.25, 0.3) is 0 Å². The molecule has 0 heterocycles. The molecule has 0 saturated heterocycles. The Kier molecular flexibility index (Phi) is 6.39. The van der Waals surface area contributed by atoms with Gasteiger partial charge in [-0.1, -0.05) is 6.32 Å². The fourth-order valence-electron chi connectivity index (χ4n) is 1.76. The fourth-order valence-corrected chi connectivity index (χ4v) is 2.11. The van der Waals surface area contributed by atoms with Crippen molar-refractivity contribution in [3.63, 3.8) is 0 Å². The van der Waals surface area contributed by atoms with Crippen molar-refractivity contribution in [3.05, 3.63) is 23.8 Å². The Labute approximate surface area is 141 Å². The van der Waals surface area contributed by atoms with Gasteiger partial charge in [0.15, 0.2) is 5.75 Å². The summed E-state index contributed by atoms with van der Waals surface area (Å²) in [6.45, 7) is 5.21. The van der Waals surface area contributed by atoms with Crippen molar-refractivity contribution in [3.8, 4) is 5.75 Å². The maximum Gasteiger partial charge on any atom is 0.412 e. The first-order valence-corrected chi connectivity index (χ1v) is 8.79. The Balaban J connectivity index is 2.85. The molecular weight excluding hydrogens is 337 g/mol. The van der Waals surface area contributed by atoms with Crippen LogP contribution in [0.15, 0.2) is 18.2 Å². The van der Waals surface area contributed by atoms with E-state index in [9.17, 15) is 18.0 Å². The number of nitrogens with one attached hydrogen (secondary N) is 1. The molecule has 0 spiro atoms. The van der Waals surface area contributed by atoms with E-state index in [0.29, 0.717) is 17.6 Å². The van der Waals surface area contributed by atoms with Crippen molar-refractivity contribution in [2.75, 3.05) is 11.1 Å². The van der Waals surface area contributed by atoms with Crippen LogP contribution in [0.3, 0.4) is 0 Å². The molecule has 0 aliphatic rings. The SMILES string of the molecule is BCc1cc(NC(=O)OC(C)(C)C)ccc1OC(=O)CS(=O)(=O)O. The minimum absolute atomic E-state index is 0.154. The van der Waals surface area contributed by atoms with E-state index in [4.69, 9.17) is 14.0 Å². The Morgan fingerprint density at radius 2 is 1.92 bits per heavy atom. The molecule has 0 atom stereocenters. The average Bonchev–Trinajstić information content (AvgIpc) is 2.35. The van der Waals surface area contributed by atoms with Gasteiger partial charge in [0.2, 0.25) is 0 Å². The highest BCUT2D eigenvalue weighted by Gasteiger charge is 2.18. The van der Waals surface area contributed by atoms with Crippen molar-refractivity contribution in [1.82, 2.24) is 0 Å². The lowest BCUT2D eigenvalue weighted by Gasteiger charge is -2.20. The van der Waals surface area contributed by atoms with Gasteiger partial charge in [-0.3, -0.25) is 14.7 Å². The van der Waals surface area contributed by atoms with E-state index in [-0.39, 0.29) is 5.75 Å². The highest BCUT2D eigenvalue weighted by Crippen LogP contribution is 2.23. The second-order valence-corrected chi connectivity index (χ2v) is 7.46. The predicted molar refractivity (Wildman–Crippen MR) is 90.6 cm³/mol. The standard InChI is InChI=1S/C14H20BNO7S/c1-14(2,3)23-13(18)16-10-4-5-11(9(6-10)7-15)22-12(17)8-24(19,20)21/h4-6H,7-8,15H2,1-3H3,(H,16,18)(H,19,20,21). The van der Waals surface area contributed by atoms with Crippen LogP contribution in [0, 0.1) is 0 Å². The summed E-state index contributed by atoms with van der Waals surface area (Å²) < 4.78 is 40.0. The molecule has 1 amide bonds. The van der Waals surface area contributed by atoms with Crippen LogP contribution in [-0.4, -0.2) is 44.2 Å². The molecule has 0 bridgehead atoms. The number of amides is 1. The normalized spacial score (nSPS) is 11.7. The maximum absolute atomic E-state index is 11.7. The Bertz CT molecular complexity index is 725. The number of benzene rings is 1. The molecule has 8 nitrogen and oxygen atoms in total. The zero-order valence-corrected chi connectivity index (χ0v) is 14.8. The lowest BCUT2D eigenvalue weighted by Crippen LogP contribution is -2.27. The topological polar surface area (TPSA) is 119 Å². The van der Waals surface area contributed by atoms with Crippen molar-refractivity contribution in [2.24, 2.45) is 0 Å². The van der Waals surface area contributed by atoms with Gasteiger partial charge in [-0.2, -0.15) is 8.42 Å². The van der Waals surface area contributed by atoms with Crippen LogP contribution >= 0.6 is 0 Å². The summed E-state index contributed by atoms with van der Waals surface area (Å²) >= 11 is 0. The third-order valence-electron chi connectivity index (χ3n) is 2.61. The molecule has 1 aromatic rings. The lowest BCUT2D eigenvalue weighted by molar-refractivity contribution is -0.131. The van der Waals surface area contributed by atoms with E-state index < -0.39 is 33.5 Å². The number of ether oxygens (including phenoxy) is 2. The van der Waals surface area contributed by atoms with Gasteiger partial charge in [0.05, 0.1) is 0 Å². The molecular formula is C14H20BNO7S. The summed E-state index contributed by atoms with van der Waals surface area (Å²) in [6.07, 6.45) is -0.154. The number of carbonyl (C=O) groups is 2. The number of hydrogen-bond acceptors (Lipinski definition) is 6. The molecule has 1 aromatic carbocycles. The van der Waals surface area contributed by atoms with E-state index in [2.05, 4.69) is 5.32 Å². The van der Waals surface area contributed by atoms with Crippen LogP contribution in [-0.2, 0) is 26.0 Å². The van der Waals surface area contributed by atoms with Crippen molar-refractivity contribution in [1.29, 1.82) is 0 Å². The summed E-state index contributed by atoms with van der Waals surface area (Å²) in [6, 6.07) is 4.49. The zero-order valence-electron chi connectivity index (χ0n) is 14.0. The molecule has 0 fully saturated rings. The van der Waals surface area contributed by atoms with Gasteiger partial charge < -0.3 is 9.47 Å². The first kappa shape index (κ1) is 20.0. The van der Waals surface area contributed by atoms with Gasteiger partial charge in [0.1, 0.15) is 19.2 Å². The number of hydrogen-bond donors (Lipinski definition) is 2. The summed E-state index contributed by atoms with van der Waals surface area (Å²) in [5.74, 6) is -2.07. The molecule has 132 valence electrons. The van der Waals surface area contributed by atoms with E-state index in [1.54, 1.807) is 34.7 Å². The molecule has 0 saturated carbocycles. The van der Waals surface area contributed by atoms with Crippen LogP contribution < -0.4 is 10.1 Å². The Hall–Kier alpha value is -2.07. The second-order valence-electron chi connectivity index (χ2n) is 6.00. The molecule has 1 rings (SSSR count). The fraction of sp³-hybridized carbons (Fsp3) is 0.429. The molecule has 24 heavy (non-hydrogen) atoms. The first-order valence-electron chi connectivity index (χ1n) is 7.18. The van der Waals surface area contributed by atoms with E-state index in [1.165, 1.54) is 12.1 Å². The predicted octanol–water partition coefficient (Wildman–Crippen LogP) is 0.960. The van der Waals surface area contributed by atoms with E-state index >= 15 is 0 Å². The van der Waals surface area contributed by atoms with Gasteiger partial charge >= 0.3 is 12.1 Å². The minimum Gasteiger partial charge on any atom is -0.444 e. The number of rotatable bonds is 5. The first-order chi connectivity index (χ1) is 10.9. The molecule has 0 aliphatic heterocycles. The van der Waals surface area contributed by atoms with Gasteiger partial charge in [0.25, 0.3) is 10.1 Å². The van der Waals surface area contributed by atoms with Gasteiger partial charge in [0, 0.05) is 5.69 Å². The minimum atomic E-state index is -4.45. The smallest absolute Gasteiger partial charge is 0.412 e. The maximum atomic E-state index is 11.7. The number of carbonyl (C=O) groups excluding carboxylic acids is 2. The van der Waals surface area contributed by atoms with Crippen LogP contribution in [0.1, 0.15) is 26.3 Å². The van der Waals surface area contributed by atoms with Gasteiger partial charge in [-0.05, 0) is 44.5 Å². The molecule has 2 N–H and O–H groups in total.